The summed E-state index contributed by atoms with van der Waals surface area (Å²) in [5, 5.41) is 12.5. The zero-order chi connectivity index (χ0) is 13.8. The lowest BCUT2D eigenvalue weighted by atomic mass is 9.95. The first-order valence-corrected chi connectivity index (χ1v) is 6.31. The van der Waals surface area contributed by atoms with Crippen LogP contribution < -0.4 is 5.32 Å². The molecule has 0 spiro atoms. The van der Waals surface area contributed by atoms with Gasteiger partial charge >= 0.3 is 0 Å². The molecule has 0 radical (unpaired) electrons. The van der Waals surface area contributed by atoms with Crippen molar-refractivity contribution in [2.24, 2.45) is 0 Å². The highest BCUT2D eigenvalue weighted by atomic mass is 19.1. The Morgan fingerprint density at radius 2 is 1.84 bits per heavy atom. The molecule has 0 saturated carbocycles. The van der Waals surface area contributed by atoms with E-state index in [0.717, 1.165) is 23.1 Å². The maximum atomic E-state index is 13.1. The fraction of sp³-hybridized carbons (Fsp3) is 0.250. The summed E-state index contributed by atoms with van der Waals surface area (Å²) in [6, 6.07) is 12.2. The monoisotopic (exact) mass is 259 g/mol. The van der Waals surface area contributed by atoms with Gasteiger partial charge in [0, 0.05) is 6.04 Å². The molecule has 0 fully saturated rings. The number of aryl methyl sites for hydroxylation is 1. The Labute approximate surface area is 112 Å². The number of hydrogen-bond acceptors (Lipinski definition) is 2. The van der Waals surface area contributed by atoms with Crippen LogP contribution in [0.25, 0.3) is 0 Å². The first-order valence-electron chi connectivity index (χ1n) is 6.31. The van der Waals surface area contributed by atoms with Crippen molar-refractivity contribution < 1.29 is 9.50 Å². The van der Waals surface area contributed by atoms with Gasteiger partial charge in [-0.05, 0) is 61.3 Å². The Kier molecular flexibility index (Phi) is 4.17. The largest absolute Gasteiger partial charge is 0.508 e. The number of halogens is 1. The molecule has 1 atom stereocenters. The molecule has 3 heteroatoms. The van der Waals surface area contributed by atoms with Gasteiger partial charge in [-0.15, -0.1) is 0 Å². The highest BCUT2D eigenvalue weighted by Crippen LogP contribution is 2.23. The molecule has 0 aliphatic carbocycles. The number of aromatic hydroxyl groups is 1. The predicted molar refractivity (Wildman–Crippen MR) is 74.7 cm³/mol. The van der Waals surface area contributed by atoms with E-state index in [1.165, 1.54) is 6.07 Å². The lowest BCUT2D eigenvalue weighted by molar-refractivity contribution is 0.474. The van der Waals surface area contributed by atoms with Crippen molar-refractivity contribution in [2.45, 2.75) is 19.4 Å². The number of rotatable bonds is 4. The van der Waals surface area contributed by atoms with Crippen LogP contribution in [0.3, 0.4) is 0 Å². The summed E-state index contributed by atoms with van der Waals surface area (Å²) >= 11 is 0. The summed E-state index contributed by atoms with van der Waals surface area (Å²) in [4.78, 5) is 0. The lowest BCUT2D eigenvalue weighted by Crippen LogP contribution is -2.19. The fourth-order valence-electron chi connectivity index (χ4n) is 2.27. The van der Waals surface area contributed by atoms with Crippen LogP contribution in [0.2, 0.25) is 0 Å². The summed E-state index contributed by atoms with van der Waals surface area (Å²) in [6.45, 7) is 1.92. The third-order valence-corrected chi connectivity index (χ3v) is 3.33. The van der Waals surface area contributed by atoms with Gasteiger partial charge in [0.1, 0.15) is 11.6 Å². The highest BCUT2D eigenvalue weighted by molar-refractivity contribution is 5.32. The van der Waals surface area contributed by atoms with Gasteiger partial charge in [-0.1, -0.05) is 18.2 Å². The number of phenols is 1. The number of phenolic OH excluding ortho intramolecular Hbond substituents is 1. The first-order chi connectivity index (χ1) is 9.10. The van der Waals surface area contributed by atoms with E-state index in [1.54, 1.807) is 18.2 Å². The second-order valence-corrected chi connectivity index (χ2v) is 4.71. The summed E-state index contributed by atoms with van der Waals surface area (Å²) in [7, 11) is 1.90. The zero-order valence-corrected chi connectivity index (χ0v) is 11.2. The Hall–Kier alpha value is -1.87. The molecule has 2 rings (SSSR count). The van der Waals surface area contributed by atoms with Gasteiger partial charge in [-0.2, -0.15) is 0 Å². The normalized spacial score (nSPS) is 12.4. The van der Waals surface area contributed by atoms with E-state index < -0.39 is 0 Å². The average Bonchev–Trinajstić information content (AvgIpc) is 2.39. The summed E-state index contributed by atoms with van der Waals surface area (Å²) in [5.74, 6) is 0.0588. The Morgan fingerprint density at radius 1 is 1.16 bits per heavy atom. The summed E-state index contributed by atoms with van der Waals surface area (Å²) < 4.78 is 13.1. The molecule has 0 aliphatic heterocycles. The molecular weight excluding hydrogens is 241 g/mol. The molecule has 2 nitrogen and oxygen atoms in total. The van der Waals surface area contributed by atoms with Crippen molar-refractivity contribution in [3.05, 3.63) is 65.0 Å². The molecule has 0 bridgehead atoms. The van der Waals surface area contributed by atoms with E-state index in [1.807, 2.05) is 32.2 Å². The van der Waals surface area contributed by atoms with E-state index in [-0.39, 0.29) is 17.6 Å². The quantitative estimate of drug-likeness (QED) is 0.882. The first kappa shape index (κ1) is 13.6. The molecule has 2 aromatic carbocycles. The maximum absolute atomic E-state index is 13.1. The van der Waals surface area contributed by atoms with Crippen LogP contribution in [0.1, 0.15) is 22.7 Å². The minimum atomic E-state index is -0.208. The molecule has 0 aromatic heterocycles. The maximum Gasteiger partial charge on any atom is 0.123 e. The van der Waals surface area contributed by atoms with Crippen molar-refractivity contribution >= 4 is 0 Å². The van der Waals surface area contributed by atoms with E-state index in [9.17, 15) is 9.50 Å². The van der Waals surface area contributed by atoms with E-state index in [4.69, 9.17) is 0 Å². The lowest BCUT2D eigenvalue weighted by Gasteiger charge is -2.19. The van der Waals surface area contributed by atoms with Gasteiger partial charge < -0.3 is 10.4 Å². The van der Waals surface area contributed by atoms with Crippen LogP contribution in [0.4, 0.5) is 4.39 Å². The second-order valence-electron chi connectivity index (χ2n) is 4.71. The standard InChI is InChI=1S/C16H18FNO/c1-11-9-13(17)5-8-15(11)16(18-2)10-12-3-6-14(19)7-4-12/h3-9,16,18-19H,10H2,1-2H3. The Bertz CT molecular complexity index is 551. The summed E-state index contributed by atoms with van der Waals surface area (Å²) in [5.41, 5.74) is 3.16. The molecule has 1 unspecified atom stereocenters. The van der Waals surface area contributed by atoms with Gasteiger partial charge in [0.15, 0.2) is 0 Å². The van der Waals surface area contributed by atoms with Gasteiger partial charge in [-0.3, -0.25) is 0 Å². The number of benzene rings is 2. The fourth-order valence-corrected chi connectivity index (χ4v) is 2.27. The van der Waals surface area contributed by atoms with Crippen LogP contribution >= 0.6 is 0 Å². The molecule has 2 N–H and O–H groups in total. The second kappa shape index (κ2) is 5.85. The van der Waals surface area contributed by atoms with Crippen molar-refractivity contribution in [1.82, 2.24) is 5.32 Å². The highest BCUT2D eigenvalue weighted by Gasteiger charge is 2.13. The minimum absolute atomic E-state index is 0.130. The third-order valence-electron chi connectivity index (χ3n) is 3.33. The minimum Gasteiger partial charge on any atom is -0.508 e. The predicted octanol–water partition coefficient (Wildman–Crippen LogP) is 3.34. The molecule has 100 valence electrons. The molecular formula is C16H18FNO. The number of hydrogen-bond donors (Lipinski definition) is 2. The van der Waals surface area contributed by atoms with Crippen LogP contribution in [-0.2, 0) is 6.42 Å². The van der Waals surface area contributed by atoms with E-state index >= 15 is 0 Å². The van der Waals surface area contributed by atoms with E-state index in [2.05, 4.69) is 5.32 Å². The van der Waals surface area contributed by atoms with Crippen LogP contribution in [-0.4, -0.2) is 12.2 Å². The van der Waals surface area contributed by atoms with Gasteiger partial charge in [0.05, 0.1) is 0 Å². The SMILES string of the molecule is CNC(Cc1ccc(O)cc1)c1ccc(F)cc1C. The summed E-state index contributed by atoms with van der Waals surface area (Å²) in [6.07, 6.45) is 0.795. The van der Waals surface area contributed by atoms with E-state index in [0.29, 0.717) is 0 Å². The van der Waals surface area contributed by atoms with Crippen molar-refractivity contribution in [3.8, 4) is 5.75 Å². The zero-order valence-electron chi connectivity index (χ0n) is 11.2. The van der Waals surface area contributed by atoms with Crippen molar-refractivity contribution in [1.29, 1.82) is 0 Å². The molecule has 0 aliphatic rings. The average molecular weight is 259 g/mol. The van der Waals surface area contributed by atoms with Gasteiger partial charge in [0.2, 0.25) is 0 Å². The molecule has 0 amide bonds. The van der Waals surface area contributed by atoms with Crippen LogP contribution in [0, 0.1) is 12.7 Å². The Balaban J connectivity index is 2.22. The molecule has 19 heavy (non-hydrogen) atoms. The van der Waals surface area contributed by atoms with Crippen LogP contribution in [0.5, 0.6) is 5.75 Å². The van der Waals surface area contributed by atoms with Crippen LogP contribution in [0.15, 0.2) is 42.5 Å². The number of nitrogens with one attached hydrogen (secondary N) is 1. The topological polar surface area (TPSA) is 32.3 Å². The van der Waals surface area contributed by atoms with Crippen molar-refractivity contribution in [2.75, 3.05) is 7.05 Å². The number of likely N-dealkylation sites (N-methyl/N-ethyl adjacent to an activating group) is 1. The van der Waals surface area contributed by atoms with Gasteiger partial charge in [0.25, 0.3) is 0 Å². The Morgan fingerprint density at radius 3 is 2.42 bits per heavy atom. The van der Waals surface area contributed by atoms with Gasteiger partial charge in [-0.25, -0.2) is 4.39 Å². The molecule has 2 aromatic rings. The van der Waals surface area contributed by atoms with Crippen molar-refractivity contribution in [3.63, 3.8) is 0 Å². The molecule has 0 heterocycles. The third kappa shape index (κ3) is 3.32. The molecule has 0 saturated heterocycles. The smallest absolute Gasteiger partial charge is 0.123 e.